The van der Waals surface area contributed by atoms with Gasteiger partial charge in [0.1, 0.15) is 35.7 Å². The molecule has 9 heteroatoms. The highest BCUT2D eigenvalue weighted by Crippen LogP contribution is 2.38. The van der Waals surface area contributed by atoms with Gasteiger partial charge in [-0.2, -0.15) is 0 Å². The Hall–Kier alpha value is -4.11. The summed E-state index contributed by atoms with van der Waals surface area (Å²) in [6, 6.07) is 12.0. The van der Waals surface area contributed by atoms with Gasteiger partial charge in [-0.05, 0) is 24.3 Å². The molecular weight excluding hydrogens is 427 g/mol. The Bertz CT molecular complexity index is 1410. The van der Waals surface area contributed by atoms with Crippen molar-refractivity contribution in [2.45, 2.75) is 12.7 Å². The van der Waals surface area contributed by atoms with Crippen LogP contribution < -0.4 is 9.47 Å². The van der Waals surface area contributed by atoms with E-state index in [1.54, 1.807) is 18.3 Å². The first-order chi connectivity index (χ1) is 16.1. The molecular formula is C24H21FN4O4. The number of ether oxygens (including phenoxy) is 3. The number of nitrogens with one attached hydrogen (secondary N) is 2. The van der Waals surface area contributed by atoms with Crippen LogP contribution in [0.15, 0.2) is 54.9 Å². The summed E-state index contributed by atoms with van der Waals surface area (Å²) in [6.45, 7) is 0.116. The topological polar surface area (TPSA) is 105 Å². The lowest BCUT2D eigenvalue weighted by Crippen LogP contribution is -2.08. The third-order valence-electron chi connectivity index (χ3n) is 5.44. The van der Waals surface area contributed by atoms with Crippen LogP contribution in [-0.4, -0.2) is 39.3 Å². The molecule has 0 bridgehead atoms. The highest BCUT2D eigenvalue weighted by atomic mass is 19.1. The second-order valence-electron chi connectivity index (χ2n) is 7.46. The Kier molecular flexibility index (Phi) is 5.31. The zero-order chi connectivity index (χ0) is 22.9. The molecule has 3 N–H and O–H groups in total. The van der Waals surface area contributed by atoms with E-state index >= 15 is 4.39 Å². The Balaban J connectivity index is 1.46. The molecule has 2 aromatic carbocycles. The van der Waals surface area contributed by atoms with Crippen LogP contribution in [-0.2, 0) is 11.3 Å². The number of fused-ring (bicyclic) bond motifs is 2. The Morgan fingerprint density at radius 2 is 1.94 bits per heavy atom. The molecule has 33 heavy (non-hydrogen) atoms. The fraction of sp³-hybridized carbons (Fsp3) is 0.167. The van der Waals surface area contributed by atoms with Crippen LogP contribution in [0.25, 0.3) is 22.1 Å². The lowest BCUT2D eigenvalue weighted by atomic mass is 10.00. The SMILES string of the molecule is COc1cc(C(OC)c2c[nH]c3ncc(O)cc23)c(F)cc1OCc1nc2ccccc2[nH]1. The van der Waals surface area contributed by atoms with E-state index < -0.39 is 11.9 Å². The molecule has 0 saturated carbocycles. The van der Waals surface area contributed by atoms with E-state index in [2.05, 4.69) is 19.9 Å². The highest BCUT2D eigenvalue weighted by Gasteiger charge is 2.24. The number of aromatic nitrogens is 4. The van der Waals surface area contributed by atoms with Crippen LogP contribution in [0.3, 0.4) is 0 Å². The van der Waals surface area contributed by atoms with Gasteiger partial charge in [-0.3, -0.25) is 0 Å². The van der Waals surface area contributed by atoms with E-state index in [-0.39, 0.29) is 23.7 Å². The Morgan fingerprint density at radius 1 is 1.09 bits per heavy atom. The fourth-order valence-electron chi connectivity index (χ4n) is 3.90. The summed E-state index contributed by atoms with van der Waals surface area (Å²) in [4.78, 5) is 14.8. The van der Waals surface area contributed by atoms with Crippen molar-refractivity contribution in [1.29, 1.82) is 0 Å². The zero-order valence-corrected chi connectivity index (χ0v) is 17.9. The normalized spacial score (nSPS) is 12.3. The number of H-pyrrole nitrogens is 2. The molecule has 0 aliphatic heterocycles. The van der Waals surface area contributed by atoms with Crippen molar-refractivity contribution in [3.8, 4) is 17.2 Å². The number of halogens is 1. The molecule has 0 aliphatic rings. The lowest BCUT2D eigenvalue weighted by Gasteiger charge is -2.19. The van der Waals surface area contributed by atoms with Crippen LogP contribution in [0, 0.1) is 5.82 Å². The van der Waals surface area contributed by atoms with Gasteiger partial charge in [-0.1, -0.05) is 12.1 Å². The summed E-state index contributed by atoms with van der Waals surface area (Å²) in [5.74, 6) is 0.691. The monoisotopic (exact) mass is 448 g/mol. The summed E-state index contributed by atoms with van der Waals surface area (Å²) in [7, 11) is 2.97. The molecule has 0 spiro atoms. The number of hydrogen-bond donors (Lipinski definition) is 3. The molecule has 8 nitrogen and oxygen atoms in total. The van der Waals surface area contributed by atoms with Crippen molar-refractivity contribution >= 4 is 22.1 Å². The summed E-state index contributed by atoms with van der Waals surface area (Å²) >= 11 is 0. The molecule has 0 amide bonds. The van der Waals surface area contributed by atoms with Crippen molar-refractivity contribution in [1.82, 2.24) is 19.9 Å². The second kappa shape index (κ2) is 8.44. The van der Waals surface area contributed by atoms with E-state index in [0.29, 0.717) is 28.2 Å². The lowest BCUT2D eigenvalue weighted by molar-refractivity contribution is 0.133. The molecule has 0 aliphatic carbocycles. The number of methoxy groups -OCH3 is 2. The van der Waals surface area contributed by atoms with Crippen LogP contribution >= 0.6 is 0 Å². The van der Waals surface area contributed by atoms with E-state index in [4.69, 9.17) is 14.2 Å². The number of aromatic hydroxyl groups is 1. The van der Waals surface area contributed by atoms with Crippen molar-refractivity contribution in [3.63, 3.8) is 0 Å². The summed E-state index contributed by atoms with van der Waals surface area (Å²) in [6.07, 6.45) is 2.26. The predicted octanol–water partition coefficient (Wildman–Crippen LogP) is 4.61. The van der Waals surface area contributed by atoms with E-state index in [1.807, 2.05) is 24.3 Å². The van der Waals surface area contributed by atoms with Crippen molar-refractivity contribution in [3.05, 3.63) is 77.6 Å². The first-order valence-corrected chi connectivity index (χ1v) is 10.2. The minimum absolute atomic E-state index is 0.00518. The molecule has 3 aromatic heterocycles. The van der Waals surface area contributed by atoms with Crippen LogP contribution in [0.4, 0.5) is 4.39 Å². The smallest absolute Gasteiger partial charge is 0.164 e. The first-order valence-electron chi connectivity index (χ1n) is 10.2. The number of rotatable bonds is 7. The molecule has 5 rings (SSSR count). The number of aromatic amines is 2. The zero-order valence-electron chi connectivity index (χ0n) is 17.9. The molecule has 3 heterocycles. The van der Waals surface area contributed by atoms with Gasteiger partial charge in [0.15, 0.2) is 11.5 Å². The number of nitrogens with zero attached hydrogens (tertiary/aromatic N) is 2. The molecule has 1 unspecified atom stereocenters. The van der Waals surface area contributed by atoms with Crippen molar-refractivity contribution in [2.75, 3.05) is 14.2 Å². The number of pyridine rings is 1. The van der Waals surface area contributed by atoms with Gasteiger partial charge < -0.3 is 29.3 Å². The quantitative estimate of drug-likeness (QED) is 0.336. The minimum Gasteiger partial charge on any atom is -0.506 e. The average Bonchev–Trinajstić information content (AvgIpc) is 3.43. The number of imidazole rings is 1. The average molecular weight is 448 g/mol. The van der Waals surface area contributed by atoms with Crippen LogP contribution in [0.1, 0.15) is 23.1 Å². The maximum absolute atomic E-state index is 15.3. The standard InChI is InChI=1S/C24H21FN4O4/c1-31-20-8-15(23(32-2)16-11-27-24-14(16)7-13(30)10-26-24)17(25)9-21(20)33-12-22-28-18-5-3-4-6-19(18)29-22/h3-11,23,30H,12H2,1-2H3,(H,26,27)(H,28,29). The number of hydrogen-bond acceptors (Lipinski definition) is 6. The fourth-order valence-corrected chi connectivity index (χ4v) is 3.90. The third-order valence-corrected chi connectivity index (χ3v) is 5.44. The molecule has 0 radical (unpaired) electrons. The van der Waals surface area contributed by atoms with Gasteiger partial charge in [-0.25, -0.2) is 14.4 Å². The summed E-state index contributed by atoms with van der Waals surface area (Å²) in [5.41, 5.74) is 3.17. The summed E-state index contributed by atoms with van der Waals surface area (Å²) in [5, 5.41) is 10.5. The maximum Gasteiger partial charge on any atom is 0.164 e. The van der Waals surface area contributed by atoms with Gasteiger partial charge in [0.25, 0.3) is 0 Å². The van der Waals surface area contributed by atoms with Gasteiger partial charge >= 0.3 is 0 Å². The predicted molar refractivity (Wildman–Crippen MR) is 120 cm³/mol. The molecule has 0 fully saturated rings. The number of benzene rings is 2. The van der Waals surface area contributed by atoms with E-state index in [9.17, 15) is 5.11 Å². The molecule has 1 atom stereocenters. The van der Waals surface area contributed by atoms with Crippen LogP contribution in [0.5, 0.6) is 17.2 Å². The Morgan fingerprint density at radius 3 is 2.73 bits per heavy atom. The van der Waals surface area contributed by atoms with Gasteiger partial charge in [-0.15, -0.1) is 0 Å². The maximum atomic E-state index is 15.3. The second-order valence-corrected chi connectivity index (χ2v) is 7.46. The minimum atomic E-state index is -0.763. The number of para-hydroxylation sites is 2. The van der Waals surface area contributed by atoms with Crippen molar-refractivity contribution in [2.24, 2.45) is 0 Å². The van der Waals surface area contributed by atoms with E-state index in [1.165, 1.54) is 26.5 Å². The highest BCUT2D eigenvalue weighted by molar-refractivity contribution is 5.82. The third kappa shape index (κ3) is 3.83. The molecule has 0 saturated heterocycles. The van der Waals surface area contributed by atoms with Gasteiger partial charge in [0.2, 0.25) is 0 Å². The summed E-state index contributed by atoms with van der Waals surface area (Å²) < 4.78 is 32.2. The van der Waals surface area contributed by atoms with Crippen molar-refractivity contribution < 1.29 is 23.7 Å². The van der Waals surface area contributed by atoms with Crippen LogP contribution in [0.2, 0.25) is 0 Å². The largest absolute Gasteiger partial charge is 0.506 e. The molecule has 5 aromatic rings. The van der Waals surface area contributed by atoms with Gasteiger partial charge in [0.05, 0.1) is 24.3 Å². The molecule has 168 valence electrons. The first kappa shape index (κ1) is 20.8. The van der Waals surface area contributed by atoms with E-state index in [0.717, 1.165) is 11.0 Å². The van der Waals surface area contributed by atoms with Gasteiger partial charge in [0, 0.05) is 35.9 Å². The Labute approximate surface area is 188 Å².